The van der Waals surface area contributed by atoms with Gasteiger partial charge in [0.15, 0.2) is 0 Å². The van der Waals surface area contributed by atoms with Gasteiger partial charge >= 0.3 is 5.97 Å². The van der Waals surface area contributed by atoms with Gasteiger partial charge in [-0.25, -0.2) is 9.78 Å². The minimum atomic E-state index is -0.500. The van der Waals surface area contributed by atoms with Crippen LogP contribution in [0.1, 0.15) is 16.1 Å². The van der Waals surface area contributed by atoms with E-state index < -0.39 is 5.97 Å². The fourth-order valence-electron chi connectivity index (χ4n) is 1.57. The van der Waals surface area contributed by atoms with E-state index in [-0.39, 0.29) is 5.69 Å². The van der Waals surface area contributed by atoms with Gasteiger partial charge in [-0.2, -0.15) is 0 Å². The van der Waals surface area contributed by atoms with Crippen LogP contribution in [0.5, 0.6) is 0 Å². The fraction of sp³-hybridized carbons (Fsp3) is 0.167. The monoisotopic (exact) mass is 269 g/mol. The van der Waals surface area contributed by atoms with Gasteiger partial charge in [-0.1, -0.05) is 23.2 Å². The number of fused-ring (bicyclic) bond motifs is 1. The number of carbonyl (C=O) groups excluding carboxylic acids is 1. The Kier molecular flexibility index (Phi) is 3.22. The van der Waals surface area contributed by atoms with Gasteiger partial charge in [0.1, 0.15) is 5.69 Å². The van der Waals surface area contributed by atoms with Gasteiger partial charge in [-0.05, 0) is 30.7 Å². The highest BCUT2D eigenvalue weighted by molar-refractivity contribution is 6.40. The summed E-state index contributed by atoms with van der Waals surface area (Å²) >= 11 is 12.2. The van der Waals surface area contributed by atoms with Gasteiger partial charge in [-0.15, -0.1) is 0 Å². The number of methoxy groups -OCH3 is 1. The molecule has 0 aliphatic heterocycles. The molecule has 0 fully saturated rings. The molecule has 2 aromatic rings. The van der Waals surface area contributed by atoms with Crippen molar-refractivity contribution in [2.75, 3.05) is 7.11 Å². The Morgan fingerprint density at radius 1 is 1.35 bits per heavy atom. The smallest absolute Gasteiger partial charge is 0.356 e. The Morgan fingerprint density at radius 2 is 2.06 bits per heavy atom. The first kappa shape index (κ1) is 12.1. The third-order valence-corrected chi connectivity index (χ3v) is 3.23. The molecule has 0 saturated carbocycles. The quantitative estimate of drug-likeness (QED) is 0.742. The molecule has 88 valence electrons. The van der Waals surface area contributed by atoms with Crippen LogP contribution >= 0.6 is 23.2 Å². The number of pyridine rings is 1. The van der Waals surface area contributed by atoms with Gasteiger partial charge in [0.2, 0.25) is 0 Å². The average Bonchev–Trinajstić information content (AvgIpc) is 2.34. The number of rotatable bonds is 1. The summed E-state index contributed by atoms with van der Waals surface area (Å²) in [5.74, 6) is -0.500. The van der Waals surface area contributed by atoms with E-state index >= 15 is 0 Å². The van der Waals surface area contributed by atoms with Gasteiger partial charge in [0, 0.05) is 5.39 Å². The zero-order valence-electron chi connectivity index (χ0n) is 9.25. The molecule has 0 unspecified atom stereocenters. The number of esters is 1. The third-order valence-electron chi connectivity index (χ3n) is 2.44. The second-order valence-electron chi connectivity index (χ2n) is 3.57. The number of aryl methyl sites for hydroxylation is 1. The third kappa shape index (κ3) is 2.08. The highest BCUT2D eigenvalue weighted by Crippen LogP contribution is 2.31. The molecule has 17 heavy (non-hydrogen) atoms. The molecule has 0 radical (unpaired) electrons. The van der Waals surface area contributed by atoms with E-state index in [0.717, 1.165) is 10.9 Å². The number of ether oxygens (including phenoxy) is 1. The van der Waals surface area contributed by atoms with Crippen LogP contribution in [0.3, 0.4) is 0 Å². The number of benzene rings is 1. The lowest BCUT2D eigenvalue weighted by Crippen LogP contribution is -2.04. The predicted molar refractivity (Wildman–Crippen MR) is 67.8 cm³/mol. The molecule has 0 N–H and O–H groups in total. The van der Waals surface area contributed by atoms with Crippen LogP contribution in [-0.2, 0) is 4.74 Å². The summed E-state index contributed by atoms with van der Waals surface area (Å²) in [7, 11) is 1.30. The summed E-state index contributed by atoms with van der Waals surface area (Å²) in [4.78, 5) is 15.5. The number of hydrogen-bond donors (Lipinski definition) is 0. The van der Waals surface area contributed by atoms with E-state index in [1.807, 2.05) is 6.92 Å². The standard InChI is InChI=1S/C12H9Cl2NO2/c1-6-5-8(13)11-7(10(6)14)3-4-9(15-11)12(16)17-2/h3-5H,1-2H3. The molecule has 1 heterocycles. The number of aromatic nitrogens is 1. The highest BCUT2D eigenvalue weighted by atomic mass is 35.5. The molecule has 0 atom stereocenters. The lowest BCUT2D eigenvalue weighted by Gasteiger charge is -2.07. The summed E-state index contributed by atoms with van der Waals surface area (Å²) in [6.45, 7) is 1.86. The molecule has 1 aromatic heterocycles. The van der Waals surface area contributed by atoms with E-state index in [0.29, 0.717) is 15.6 Å². The lowest BCUT2D eigenvalue weighted by molar-refractivity contribution is 0.0594. The average molecular weight is 270 g/mol. The van der Waals surface area contributed by atoms with E-state index in [1.165, 1.54) is 7.11 Å². The number of nitrogens with zero attached hydrogens (tertiary/aromatic N) is 1. The van der Waals surface area contributed by atoms with Crippen LogP contribution in [0.2, 0.25) is 10.0 Å². The predicted octanol–water partition coefficient (Wildman–Crippen LogP) is 3.64. The van der Waals surface area contributed by atoms with Crippen LogP contribution < -0.4 is 0 Å². The second kappa shape index (κ2) is 4.51. The number of carbonyl (C=O) groups is 1. The largest absolute Gasteiger partial charge is 0.464 e. The highest BCUT2D eigenvalue weighted by Gasteiger charge is 2.12. The molecule has 3 nitrogen and oxygen atoms in total. The van der Waals surface area contributed by atoms with Crippen molar-refractivity contribution in [2.24, 2.45) is 0 Å². The number of hydrogen-bond acceptors (Lipinski definition) is 3. The summed E-state index contributed by atoms with van der Waals surface area (Å²) in [5.41, 5.74) is 1.59. The zero-order chi connectivity index (χ0) is 12.6. The summed E-state index contributed by atoms with van der Waals surface area (Å²) in [6, 6.07) is 5.01. The molecule has 0 spiro atoms. The molecular formula is C12H9Cl2NO2. The minimum absolute atomic E-state index is 0.210. The first-order valence-electron chi connectivity index (χ1n) is 4.88. The Hall–Kier alpha value is -1.32. The van der Waals surface area contributed by atoms with E-state index in [4.69, 9.17) is 23.2 Å². The zero-order valence-corrected chi connectivity index (χ0v) is 10.8. The van der Waals surface area contributed by atoms with Crippen molar-refractivity contribution in [3.8, 4) is 0 Å². The summed E-state index contributed by atoms with van der Waals surface area (Å²) in [5, 5.41) is 1.78. The first-order chi connectivity index (χ1) is 8.04. The fourth-order valence-corrected chi connectivity index (χ4v) is 2.09. The van der Waals surface area contributed by atoms with Crippen molar-refractivity contribution in [1.29, 1.82) is 0 Å². The van der Waals surface area contributed by atoms with E-state index in [1.54, 1.807) is 18.2 Å². The van der Waals surface area contributed by atoms with Crippen LogP contribution in [0.15, 0.2) is 18.2 Å². The maximum Gasteiger partial charge on any atom is 0.356 e. The Morgan fingerprint density at radius 3 is 2.71 bits per heavy atom. The Balaban J connectivity index is 2.74. The van der Waals surface area contributed by atoms with E-state index in [9.17, 15) is 4.79 Å². The molecule has 0 amide bonds. The molecule has 0 aliphatic carbocycles. The second-order valence-corrected chi connectivity index (χ2v) is 4.36. The van der Waals surface area contributed by atoms with Crippen molar-refractivity contribution in [3.63, 3.8) is 0 Å². The van der Waals surface area contributed by atoms with Crippen molar-refractivity contribution >= 4 is 40.1 Å². The summed E-state index contributed by atoms with van der Waals surface area (Å²) < 4.78 is 4.60. The van der Waals surface area contributed by atoms with Crippen molar-refractivity contribution in [1.82, 2.24) is 4.98 Å². The molecule has 0 saturated heterocycles. The summed E-state index contributed by atoms with van der Waals surface area (Å²) in [6.07, 6.45) is 0. The maximum atomic E-state index is 11.4. The molecule has 1 aromatic carbocycles. The van der Waals surface area contributed by atoms with Gasteiger partial charge in [0.05, 0.1) is 22.7 Å². The maximum absolute atomic E-state index is 11.4. The van der Waals surface area contributed by atoms with Gasteiger partial charge < -0.3 is 4.74 Å². The normalized spacial score (nSPS) is 10.6. The molecule has 2 rings (SSSR count). The van der Waals surface area contributed by atoms with Crippen molar-refractivity contribution in [2.45, 2.75) is 6.92 Å². The molecule has 0 aliphatic rings. The topological polar surface area (TPSA) is 39.2 Å². The molecule has 0 bridgehead atoms. The van der Waals surface area contributed by atoms with Crippen LogP contribution in [0.4, 0.5) is 0 Å². The van der Waals surface area contributed by atoms with Crippen molar-refractivity contribution < 1.29 is 9.53 Å². The SMILES string of the molecule is COC(=O)c1ccc2c(Cl)c(C)cc(Cl)c2n1. The molecule has 5 heteroatoms. The first-order valence-corrected chi connectivity index (χ1v) is 5.64. The van der Waals surface area contributed by atoms with Gasteiger partial charge in [-0.3, -0.25) is 0 Å². The van der Waals surface area contributed by atoms with Crippen LogP contribution in [0, 0.1) is 6.92 Å². The van der Waals surface area contributed by atoms with Crippen LogP contribution in [-0.4, -0.2) is 18.1 Å². The lowest BCUT2D eigenvalue weighted by atomic mass is 10.1. The van der Waals surface area contributed by atoms with Crippen LogP contribution in [0.25, 0.3) is 10.9 Å². The van der Waals surface area contributed by atoms with E-state index in [2.05, 4.69) is 9.72 Å². The minimum Gasteiger partial charge on any atom is -0.464 e. The van der Waals surface area contributed by atoms with Gasteiger partial charge in [0.25, 0.3) is 0 Å². The molecular weight excluding hydrogens is 261 g/mol. The Labute approximate surface area is 108 Å². The number of halogens is 2. The Bertz CT molecular complexity index is 611. The van der Waals surface area contributed by atoms with Crippen molar-refractivity contribution in [3.05, 3.63) is 39.5 Å².